The van der Waals surface area contributed by atoms with Gasteiger partial charge in [-0.2, -0.15) is 11.8 Å². The quantitative estimate of drug-likeness (QED) is 0.787. The van der Waals surface area contributed by atoms with E-state index in [1.54, 1.807) is 11.8 Å². The lowest BCUT2D eigenvalue weighted by molar-refractivity contribution is -0.116. The molecule has 0 aliphatic carbocycles. The maximum atomic E-state index is 11.3. The SMILES string of the molecule is CSCCCC(=O)Nc1nnc(C)s1. The number of hydrogen-bond acceptors (Lipinski definition) is 5. The first-order valence-corrected chi connectivity index (χ1v) is 6.52. The van der Waals surface area contributed by atoms with Crippen molar-refractivity contribution in [2.45, 2.75) is 19.8 Å². The van der Waals surface area contributed by atoms with E-state index < -0.39 is 0 Å². The molecule has 6 heteroatoms. The zero-order chi connectivity index (χ0) is 10.4. The highest BCUT2D eigenvalue weighted by atomic mass is 32.2. The summed E-state index contributed by atoms with van der Waals surface area (Å²) < 4.78 is 0. The summed E-state index contributed by atoms with van der Waals surface area (Å²) in [6.45, 7) is 1.86. The molecule has 1 aromatic heterocycles. The van der Waals surface area contributed by atoms with Gasteiger partial charge in [0.1, 0.15) is 5.01 Å². The molecular weight excluding hydrogens is 218 g/mol. The van der Waals surface area contributed by atoms with Crippen LogP contribution in [0.2, 0.25) is 0 Å². The van der Waals surface area contributed by atoms with E-state index in [4.69, 9.17) is 0 Å². The number of hydrogen-bond donors (Lipinski definition) is 1. The van der Waals surface area contributed by atoms with E-state index in [1.807, 2.05) is 13.2 Å². The lowest BCUT2D eigenvalue weighted by Crippen LogP contribution is -2.11. The van der Waals surface area contributed by atoms with Gasteiger partial charge in [0.25, 0.3) is 0 Å². The van der Waals surface area contributed by atoms with Crippen molar-refractivity contribution in [2.75, 3.05) is 17.3 Å². The first-order chi connectivity index (χ1) is 6.72. The highest BCUT2D eigenvalue weighted by Crippen LogP contribution is 2.14. The van der Waals surface area contributed by atoms with Gasteiger partial charge in [-0.25, -0.2) is 0 Å². The van der Waals surface area contributed by atoms with E-state index in [2.05, 4.69) is 15.5 Å². The standard InChI is InChI=1S/C8H13N3OS2/c1-6-10-11-8(14-6)9-7(12)4-3-5-13-2/h3-5H2,1-2H3,(H,9,11,12). The number of rotatable bonds is 5. The van der Waals surface area contributed by atoms with Crippen LogP contribution in [0.3, 0.4) is 0 Å². The monoisotopic (exact) mass is 231 g/mol. The molecule has 0 radical (unpaired) electrons. The van der Waals surface area contributed by atoms with Gasteiger partial charge in [0, 0.05) is 6.42 Å². The molecule has 1 aromatic rings. The minimum atomic E-state index is 0.0233. The number of thioether (sulfide) groups is 1. The van der Waals surface area contributed by atoms with E-state index in [0.717, 1.165) is 17.2 Å². The highest BCUT2D eigenvalue weighted by Gasteiger charge is 2.05. The van der Waals surface area contributed by atoms with Gasteiger partial charge < -0.3 is 5.32 Å². The molecular formula is C8H13N3OS2. The Morgan fingerprint density at radius 3 is 2.93 bits per heavy atom. The molecule has 78 valence electrons. The highest BCUT2D eigenvalue weighted by molar-refractivity contribution is 7.98. The fraction of sp³-hybridized carbons (Fsp3) is 0.625. The second-order valence-corrected chi connectivity index (χ2v) is 4.94. The molecule has 1 N–H and O–H groups in total. The maximum absolute atomic E-state index is 11.3. The van der Waals surface area contributed by atoms with Gasteiger partial charge in [0.15, 0.2) is 0 Å². The van der Waals surface area contributed by atoms with E-state index >= 15 is 0 Å². The number of amides is 1. The molecule has 1 rings (SSSR count). The lowest BCUT2D eigenvalue weighted by Gasteiger charge is -1.99. The van der Waals surface area contributed by atoms with Crippen molar-refractivity contribution in [2.24, 2.45) is 0 Å². The number of carbonyl (C=O) groups is 1. The summed E-state index contributed by atoms with van der Waals surface area (Å²) in [5.41, 5.74) is 0. The Morgan fingerprint density at radius 1 is 1.57 bits per heavy atom. The molecule has 0 saturated heterocycles. The first kappa shape index (κ1) is 11.5. The average molecular weight is 231 g/mol. The largest absolute Gasteiger partial charge is 0.301 e. The van der Waals surface area contributed by atoms with Gasteiger partial charge in [-0.05, 0) is 25.4 Å². The maximum Gasteiger partial charge on any atom is 0.226 e. The molecule has 0 saturated carbocycles. The lowest BCUT2D eigenvalue weighted by atomic mass is 10.3. The van der Waals surface area contributed by atoms with Crippen molar-refractivity contribution in [3.8, 4) is 0 Å². The fourth-order valence-electron chi connectivity index (χ4n) is 0.906. The number of nitrogens with zero attached hydrogens (tertiary/aromatic N) is 2. The van der Waals surface area contributed by atoms with Crippen LogP contribution in [-0.4, -0.2) is 28.1 Å². The predicted octanol–water partition coefficient (Wildman–Crippen LogP) is 1.93. The smallest absolute Gasteiger partial charge is 0.226 e. The van der Waals surface area contributed by atoms with Crippen LogP contribution in [0.4, 0.5) is 5.13 Å². The average Bonchev–Trinajstić information content (AvgIpc) is 2.52. The summed E-state index contributed by atoms with van der Waals surface area (Å²) in [4.78, 5) is 11.3. The molecule has 1 amide bonds. The summed E-state index contributed by atoms with van der Waals surface area (Å²) in [5.74, 6) is 1.04. The number of aromatic nitrogens is 2. The predicted molar refractivity (Wildman–Crippen MR) is 60.9 cm³/mol. The Labute approximate surface area is 91.5 Å². The van der Waals surface area contributed by atoms with Crippen LogP contribution in [-0.2, 0) is 4.79 Å². The molecule has 0 unspecified atom stereocenters. The van der Waals surface area contributed by atoms with E-state index in [9.17, 15) is 4.79 Å². The van der Waals surface area contributed by atoms with Crippen LogP contribution in [0.5, 0.6) is 0 Å². The van der Waals surface area contributed by atoms with Gasteiger partial charge in [0.2, 0.25) is 11.0 Å². The molecule has 0 bridgehead atoms. The van der Waals surface area contributed by atoms with Crippen LogP contribution in [0.1, 0.15) is 17.8 Å². The van der Waals surface area contributed by atoms with E-state index in [-0.39, 0.29) is 5.91 Å². The molecule has 0 atom stereocenters. The second-order valence-electron chi connectivity index (χ2n) is 2.77. The number of aryl methyl sites for hydroxylation is 1. The summed E-state index contributed by atoms with van der Waals surface area (Å²) in [6.07, 6.45) is 3.50. The molecule has 0 spiro atoms. The van der Waals surface area contributed by atoms with Crippen molar-refractivity contribution in [3.05, 3.63) is 5.01 Å². The van der Waals surface area contributed by atoms with Crippen molar-refractivity contribution >= 4 is 34.1 Å². The van der Waals surface area contributed by atoms with Gasteiger partial charge in [0.05, 0.1) is 0 Å². The van der Waals surface area contributed by atoms with Crippen LogP contribution < -0.4 is 5.32 Å². The third-order valence-corrected chi connectivity index (χ3v) is 2.98. The molecule has 1 heterocycles. The topological polar surface area (TPSA) is 54.9 Å². The first-order valence-electron chi connectivity index (χ1n) is 4.31. The second kappa shape index (κ2) is 5.98. The van der Waals surface area contributed by atoms with Crippen LogP contribution >= 0.6 is 23.1 Å². The van der Waals surface area contributed by atoms with Crippen LogP contribution in [0.15, 0.2) is 0 Å². The minimum absolute atomic E-state index is 0.0233. The van der Waals surface area contributed by atoms with Gasteiger partial charge in [-0.1, -0.05) is 11.3 Å². The van der Waals surface area contributed by atoms with E-state index in [0.29, 0.717) is 11.6 Å². The zero-order valence-electron chi connectivity index (χ0n) is 8.24. The minimum Gasteiger partial charge on any atom is -0.301 e. The molecule has 0 fully saturated rings. The summed E-state index contributed by atoms with van der Waals surface area (Å²) in [5, 5.41) is 11.8. The Hall–Kier alpha value is -0.620. The Balaban J connectivity index is 2.27. The number of carbonyl (C=O) groups excluding carboxylic acids is 1. The van der Waals surface area contributed by atoms with Gasteiger partial charge >= 0.3 is 0 Å². The molecule has 0 aliphatic rings. The van der Waals surface area contributed by atoms with Crippen LogP contribution in [0.25, 0.3) is 0 Å². The Morgan fingerprint density at radius 2 is 2.36 bits per heavy atom. The molecule has 14 heavy (non-hydrogen) atoms. The van der Waals surface area contributed by atoms with Crippen molar-refractivity contribution in [1.29, 1.82) is 0 Å². The molecule has 4 nitrogen and oxygen atoms in total. The normalized spacial score (nSPS) is 10.1. The van der Waals surface area contributed by atoms with Crippen molar-refractivity contribution in [1.82, 2.24) is 10.2 Å². The van der Waals surface area contributed by atoms with Gasteiger partial charge in [-0.15, -0.1) is 10.2 Å². The third kappa shape index (κ3) is 4.06. The zero-order valence-corrected chi connectivity index (χ0v) is 9.87. The third-order valence-electron chi connectivity index (χ3n) is 1.52. The number of anilines is 1. The molecule has 0 aromatic carbocycles. The summed E-state index contributed by atoms with van der Waals surface area (Å²) >= 11 is 3.14. The van der Waals surface area contributed by atoms with Crippen LogP contribution in [0, 0.1) is 6.92 Å². The summed E-state index contributed by atoms with van der Waals surface area (Å²) in [6, 6.07) is 0. The van der Waals surface area contributed by atoms with Crippen molar-refractivity contribution < 1.29 is 4.79 Å². The Bertz CT molecular complexity index is 301. The van der Waals surface area contributed by atoms with Gasteiger partial charge in [-0.3, -0.25) is 4.79 Å². The van der Waals surface area contributed by atoms with Crippen molar-refractivity contribution in [3.63, 3.8) is 0 Å². The Kier molecular flexibility index (Phi) is 4.89. The van der Waals surface area contributed by atoms with E-state index in [1.165, 1.54) is 11.3 Å². The number of nitrogens with one attached hydrogen (secondary N) is 1. The molecule has 0 aliphatic heterocycles. The summed E-state index contributed by atoms with van der Waals surface area (Å²) in [7, 11) is 0. The fourth-order valence-corrected chi connectivity index (χ4v) is 1.95.